The van der Waals surface area contributed by atoms with Crippen LogP contribution >= 0.6 is 0 Å². The fourth-order valence-corrected chi connectivity index (χ4v) is 1.44. The molecule has 0 saturated carbocycles. The summed E-state index contributed by atoms with van der Waals surface area (Å²) in [5, 5.41) is 8.59. The highest BCUT2D eigenvalue weighted by Gasteiger charge is 2.23. The van der Waals surface area contributed by atoms with Gasteiger partial charge in [0, 0.05) is 5.56 Å². The standard InChI is InChI=1S/C10H7NO3/c12-9(13)5-8-6-3-1-2-4-7(6)10(14)11-8/h1-4H,5H2,(H,12,13). The van der Waals surface area contributed by atoms with Crippen molar-refractivity contribution in [3.05, 3.63) is 35.4 Å². The van der Waals surface area contributed by atoms with Crippen molar-refractivity contribution in [2.75, 3.05) is 0 Å². The maximum absolute atomic E-state index is 11.3. The summed E-state index contributed by atoms with van der Waals surface area (Å²) >= 11 is 0. The monoisotopic (exact) mass is 189 g/mol. The summed E-state index contributed by atoms with van der Waals surface area (Å²) in [5.41, 5.74) is 1.47. The highest BCUT2D eigenvalue weighted by Crippen LogP contribution is 2.19. The molecule has 4 nitrogen and oxygen atoms in total. The number of rotatable bonds is 2. The predicted molar refractivity (Wildman–Crippen MR) is 49.6 cm³/mol. The Bertz CT molecular complexity index is 448. The van der Waals surface area contributed by atoms with Crippen LogP contribution in [0, 0.1) is 0 Å². The first-order valence-electron chi connectivity index (χ1n) is 4.11. The van der Waals surface area contributed by atoms with Gasteiger partial charge in [-0.25, -0.2) is 4.99 Å². The van der Waals surface area contributed by atoms with Gasteiger partial charge in [0.25, 0.3) is 5.91 Å². The van der Waals surface area contributed by atoms with Gasteiger partial charge >= 0.3 is 5.97 Å². The lowest BCUT2D eigenvalue weighted by atomic mass is 10.0. The summed E-state index contributed by atoms with van der Waals surface area (Å²) in [5.74, 6) is -1.33. The van der Waals surface area contributed by atoms with E-state index in [4.69, 9.17) is 5.11 Å². The lowest BCUT2D eigenvalue weighted by Crippen LogP contribution is -2.06. The van der Waals surface area contributed by atoms with E-state index in [1.165, 1.54) is 0 Å². The lowest BCUT2D eigenvalue weighted by molar-refractivity contribution is -0.135. The quantitative estimate of drug-likeness (QED) is 0.757. The van der Waals surface area contributed by atoms with E-state index in [2.05, 4.69) is 4.99 Å². The second kappa shape index (κ2) is 3.06. The van der Waals surface area contributed by atoms with Crippen molar-refractivity contribution in [1.82, 2.24) is 0 Å². The summed E-state index contributed by atoms with van der Waals surface area (Å²) in [7, 11) is 0. The van der Waals surface area contributed by atoms with Gasteiger partial charge in [-0.15, -0.1) is 0 Å². The van der Waals surface area contributed by atoms with E-state index in [0.717, 1.165) is 0 Å². The maximum atomic E-state index is 11.3. The molecule has 0 bridgehead atoms. The van der Waals surface area contributed by atoms with Gasteiger partial charge in [0.15, 0.2) is 0 Å². The molecule has 0 saturated heterocycles. The summed E-state index contributed by atoms with van der Waals surface area (Å²) in [4.78, 5) is 25.5. The summed E-state index contributed by atoms with van der Waals surface area (Å²) < 4.78 is 0. The molecule has 1 aliphatic rings. The number of carbonyl (C=O) groups is 2. The Kier molecular flexibility index (Phi) is 1.89. The number of carbonyl (C=O) groups excluding carboxylic acids is 1. The van der Waals surface area contributed by atoms with Crippen LogP contribution in [0.2, 0.25) is 0 Å². The van der Waals surface area contributed by atoms with Crippen LogP contribution in [0.5, 0.6) is 0 Å². The van der Waals surface area contributed by atoms with E-state index in [1.54, 1.807) is 24.3 Å². The van der Waals surface area contributed by atoms with Crippen molar-refractivity contribution in [1.29, 1.82) is 0 Å². The Hall–Kier alpha value is -1.97. The van der Waals surface area contributed by atoms with E-state index in [0.29, 0.717) is 16.8 Å². The Labute approximate surface area is 79.9 Å². The molecule has 0 unspecified atom stereocenters. The van der Waals surface area contributed by atoms with Gasteiger partial charge in [-0.3, -0.25) is 9.59 Å². The third-order valence-corrected chi connectivity index (χ3v) is 2.02. The third kappa shape index (κ3) is 1.31. The number of hydrogen-bond donors (Lipinski definition) is 1. The van der Waals surface area contributed by atoms with Gasteiger partial charge in [-0.2, -0.15) is 0 Å². The van der Waals surface area contributed by atoms with Gasteiger partial charge in [0.05, 0.1) is 17.7 Å². The molecule has 1 aromatic rings. The minimum absolute atomic E-state index is 0.206. The Morgan fingerprint density at radius 2 is 1.93 bits per heavy atom. The average Bonchev–Trinajstić information content (AvgIpc) is 2.44. The van der Waals surface area contributed by atoms with Crippen LogP contribution in [0.4, 0.5) is 0 Å². The number of benzene rings is 1. The van der Waals surface area contributed by atoms with E-state index in [9.17, 15) is 9.59 Å². The molecule has 1 N–H and O–H groups in total. The molecule has 0 fully saturated rings. The Morgan fingerprint density at radius 1 is 1.29 bits per heavy atom. The summed E-state index contributed by atoms with van der Waals surface area (Å²) in [6.07, 6.45) is -0.206. The number of amides is 1. The van der Waals surface area contributed by atoms with Crippen LogP contribution in [0.3, 0.4) is 0 Å². The molecule has 0 spiro atoms. The average molecular weight is 189 g/mol. The van der Waals surface area contributed by atoms with Crippen LogP contribution in [-0.4, -0.2) is 22.7 Å². The molecule has 0 aromatic heterocycles. The van der Waals surface area contributed by atoms with Crippen molar-refractivity contribution < 1.29 is 14.7 Å². The summed E-state index contributed by atoms with van der Waals surface area (Å²) in [6, 6.07) is 6.85. The number of nitrogens with zero attached hydrogens (tertiary/aromatic N) is 1. The van der Waals surface area contributed by atoms with Crippen LogP contribution in [0.15, 0.2) is 29.3 Å². The zero-order valence-electron chi connectivity index (χ0n) is 7.23. The maximum Gasteiger partial charge on any atom is 0.309 e. The molecule has 0 atom stereocenters. The first-order chi connectivity index (χ1) is 6.68. The van der Waals surface area contributed by atoms with E-state index < -0.39 is 5.97 Å². The molecular weight excluding hydrogens is 182 g/mol. The molecule has 1 aromatic carbocycles. The lowest BCUT2D eigenvalue weighted by Gasteiger charge is -1.97. The molecule has 14 heavy (non-hydrogen) atoms. The van der Waals surface area contributed by atoms with Gasteiger partial charge < -0.3 is 5.11 Å². The molecule has 70 valence electrons. The van der Waals surface area contributed by atoms with Crippen molar-refractivity contribution in [3.8, 4) is 0 Å². The molecular formula is C10H7NO3. The topological polar surface area (TPSA) is 66.7 Å². The van der Waals surface area contributed by atoms with Crippen LogP contribution in [0.1, 0.15) is 22.3 Å². The minimum Gasteiger partial charge on any atom is -0.481 e. The van der Waals surface area contributed by atoms with E-state index in [-0.39, 0.29) is 12.3 Å². The van der Waals surface area contributed by atoms with Gasteiger partial charge in [-0.1, -0.05) is 18.2 Å². The molecule has 0 aliphatic carbocycles. The number of hydrogen-bond acceptors (Lipinski definition) is 2. The highest BCUT2D eigenvalue weighted by atomic mass is 16.4. The van der Waals surface area contributed by atoms with Crippen molar-refractivity contribution in [2.24, 2.45) is 4.99 Å². The molecule has 1 amide bonds. The number of aliphatic imine (C=N–C) groups is 1. The van der Waals surface area contributed by atoms with Gasteiger partial charge in [0.1, 0.15) is 0 Å². The normalized spacial score (nSPS) is 13.7. The molecule has 4 heteroatoms. The van der Waals surface area contributed by atoms with Crippen LogP contribution in [0.25, 0.3) is 0 Å². The van der Waals surface area contributed by atoms with Crippen molar-refractivity contribution in [2.45, 2.75) is 6.42 Å². The Morgan fingerprint density at radius 3 is 2.57 bits per heavy atom. The predicted octanol–water partition coefficient (Wildman–Crippen LogP) is 1.10. The van der Waals surface area contributed by atoms with Crippen LogP contribution < -0.4 is 0 Å². The Balaban J connectivity index is 2.43. The third-order valence-electron chi connectivity index (χ3n) is 2.02. The largest absolute Gasteiger partial charge is 0.481 e. The number of aliphatic carboxylic acids is 1. The van der Waals surface area contributed by atoms with Gasteiger partial charge in [-0.05, 0) is 6.07 Å². The first-order valence-corrected chi connectivity index (χ1v) is 4.11. The van der Waals surface area contributed by atoms with E-state index in [1.807, 2.05) is 0 Å². The smallest absolute Gasteiger partial charge is 0.309 e. The highest BCUT2D eigenvalue weighted by molar-refractivity contribution is 6.24. The van der Waals surface area contributed by atoms with Crippen LogP contribution in [-0.2, 0) is 4.79 Å². The first kappa shape index (κ1) is 8.62. The second-order valence-corrected chi connectivity index (χ2v) is 2.98. The summed E-state index contributed by atoms with van der Waals surface area (Å²) in [6.45, 7) is 0. The van der Waals surface area contributed by atoms with Crippen molar-refractivity contribution in [3.63, 3.8) is 0 Å². The fraction of sp³-hybridized carbons (Fsp3) is 0.100. The van der Waals surface area contributed by atoms with E-state index >= 15 is 0 Å². The zero-order chi connectivity index (χ0) is 10.1. The fourth-order valence-electron chi connectivity index (χ4n) is 1.44. The second-order valence-electron chi connectivity index (χ2n) is 2.98. The minimum atomic E-state index is -0.978. The number of carboxylic acids is 1. The molecule has 0 radical (unpaired) electrons. The number of fused-ring (bicyclic) bond motifs is 1. The SMILES string of the molecule is O=C(O)CC1=NC(=O)c2ccccc21. The van der Waals surface area contributed by atoms with Gasteiger partial charge in [0.2, 0.25) is 0 Å². The molecule has 2 rings (SSSR count). The zero-order valence-corrected chi connectivity index (χ0v) is 7.23. The molecule has 1 heterocycles. The van der Waals surface area contributed by atoms with Crippen molar-refractivity contribution >= 4 is 17.6 Å². The number of carboxylic acid groups (broad SMARTS) is 1. The molecule has 1 aliphatic heterocycles.